The summed E-state index contributed by atoms with van der Waals surface area (Å²) in [6.07, 6.45) is 19.9. The number of esters is 4. The molecule has 0 heterocycles. The summed E-state index contributed by atoms with van der Waals surface area (Å²) in [6, 6.07) is 17.8. The standard InChI is InChI=1S/C51H68O11/c1-6-7-17-22-40-23-27-42(28-24-40)50(54)62-45-31-29-43(38-44(45)51(55)61-36-21-14-12-10-8-9-11-13-20-35-60-49(53)39(2)3)58-33-18-15-16-19-34-59-46-30-25-41(37-47(46)56-4)26-32-48(52)57-5/h23-32,37-38H,2,6-22,33-36H2,1,3-5H3. The molecule has 0 N–H and O–H groups in total. The lowest BCUT2D eigenvalue weighted by atomic mass is 10.1. The van der Waals surface area contributed by atoms with Crippen molar-refractivity contribution in [2.24, 2.45) is 0 Å². The fourth-order valence-corrected chi connectivity index (χ4v) is 6.43. The van der Waals surface area contributed by atoms with Gasteiger partial charge in [-0.25, -0.2) is 19.2 Å². The number of methoxy groups -OCH3 is 2. The molecule has 0 saturated carbocycles. The number of carbonyl (C=O) groups is 4. The molecular formula is C51H68O11. The minimum atomic E-state index is -0.567. The smallest absolute Gasteiger partial charge is 0.343 e. The minimum absolute atomic E-state index is 0.122. The topological polar surface area (TPSA) is 133 Å². The predicted octanol–water partition coefficient (Wildman–Crippen LogP) is 11.6. The van der Waals surface area contributed by atoms with E-state index in [1.165, 1.54) is 18.7 Å². The molecule has 0 spiro atoms. The Bertz CT molecular complexity index is 1850. The van der Waals surface area contributed by atoms with Crippen LogP contribution in [-0.2, 0) is 30.2 Å². The molecule has 0 aliphatic carbocycles. The van der Waals surface area contributed by atoms with E-state index in [0.717, 1.165) is 115 Å². The molecule has 11 nitrogen and oxygen atoms in total. The summed E-state index contributed by atoms with van der Waals surface area (Å²) in [7, 11) is 2.90. The highest BCUT2D eigenvalue weighted by atomic mass is 16.6. The van der Waals surface area contributed by atoms with Gasteiger partial charge in [0.1, 0.15) is 17.1 Å². The quantitative estimate of drug-likeness (QED) is 0.0195. The molecule has 0 bridgehead atoms. The van der Waals surface area contributed by atoms with E-state index in [9.17, 15) is 19.2 Å². The molecule has 0 saturated heterocycles. The highest BCUT2D eigenvalue weighted by molar-refractivity contribution is 5.96. The van der Waals surface area contributed by atoms with E-state index in [1.807, 2.05) is 24.3 Å². The van der Waals surface area contributed by atoms with E-state index < -0.39 is 17.9 Å². The second kappa shape index (κ2) is 30.4. The van der Waals surface area contributed by atoms with Gasteiger partial charge in [-0.3, -0.25) is 0 Å². The second-order valence-electron chi connectivity index (χ2n) is 15.3. The maximum absolute atomic E-state index is 13.4. The van der Waals surface area contributed by atoms with Gasteiger partial charge in [0.05, 0.1) is 46.2 Å². The van der Waals surface area contributed by atoms with Crippen LogP contribution < -0.4 is 18.9 Å². The Kier molecular flexibility index (Phi) is 24.9. The third-order valence-corrected chi connectivity index (χ3v) is 10.1. The Labute approximate surface area is 369 Å². The van der Waals surface area contributed by atoms with Crippen LogP contribution in [0.3, 0.4) is 0 Å². The zero-order chi connectivity index (χ0) is 44.8. The first-order valence-corrected chi connectivity index (χ1v) is 22.3. The van der Waals surface area contributed by atoms with Crippen molar-refractivity contribution in [3.8, 4) is 23.0 Å². The van der Waals surface area contributed by atoms with Crippen molar-refractivity contribution in [3.63, 3.8) is 0 Å². The Balaban J connectivity index is 1.45. The maximum atomic E-state index is 13.4. The van der Waals surface area contributed by atoms with Gasteiger partial charge in [-0.05, 0) is 118 Å². The van der Waals surface area contributed by atoms with Gasteiger partial charge in [-0.1, -0.05) is 89.5 Å². The van der Waals surface area contributed by atoms with Crippen LogP contribution in [0.2, 0.25) is 0 Å². The highest BCUT2D eigenvalue weighted by Crippen LogP contribution is 2.30. The largest absolute Gasteiger partial charge is 0.494 e. The summed E-state index contributed by atoms with van der Waals surface area (Å²) < 4.78 is 38.7. The van der Waals surface area contributed by atoms with Crippen molar-refractivity contribution >= 4 is 30.0 Å². The van der Waals surface area contributed by atoms with Crippen LogP contribution in [0.1, 0.15) is 148 Å². The SMILES string of the molecule is C=C(C)C(=O)OCCCCCCCCCCCOC(=O)c1cc(OCCCCCCOc2ccc(C=CC(=O)OC)cc2OC)ccc1OC(=O)c1ccc(CCCCC)cc1. The van der Waals surface area contributed by atoms with Crippen LogP contribution in [-0.4, -0.2) is 64.5 Å². The van der Waals surface area contributed by atoms with Crippen molar-refractivity contribution in [3.05, 3.63) is 101 Å². The number of rotatable bonds is 32. The molecule has 62 heavy (non-hydrogen) atoms. The van der Waals surface area contributed by atoms with Gasteiger partial charge in [-0.2, -0.15) is 0 Å². The Morgan fingerprint density at radius 3 is 1.81 bits per heavy atom. The molecule has 0 atom stereocenters. The van der Waals surface area contributed by atoms with Crippen LogP contribution >= 0.6 is 0 Å². The molecule has 0 aliphatic rings. The molecule has 0 unspecified atom stereocenters. The average molecular weight is 857 g/mol. The molecule has 3 rings (SSSR count). The van der Waals surface area contributed by atoms with Crippen LogP contribution in [0.4, 0.5) is 0 Å². The zero-order valence-electron chi connectivity index (χ0n) is 37.5. The zero-order valence-corrected chi connectivity index (χ0v) is 37.5. The van der Waals surface area contributed by atoms with Gasteiger partial charge in [0.15, 0.2) is 11.5 Å². The van der Waals surface area contributed by atoms with E-state index in [2.05, 4.69) is 18.2 Å². The molecule has 0 amide bonds. The molecule has 0 aromatic heterocycles. The van der Waals surface area contributed by atoms with E-state index in [4.69, 9.17) is 28.4 Å². The highest BCUT2D eigenvalue weighted by Gasteiger charge is 2.20. The van der Waals surface area contributed by atoms with E-state index in [-0.39, 0.29) is 23.9 Å². The summed E-state index contributed by atoms with van der Waals surface area (Å²) >= 11 is 0. The minimum Gasteiger partial charge on any atom is -0.494 e. The molecule has 338 valence electrons. The van der Waals surface area contributed by atoms with Gasteiger partial charge in [-0.15, -0.1) is 0 Å². The van der Waals surface area contributed by atoms with Gasteiger partial charge in [0, 0.05) is 11.6 Å². The first-order valence-electron chi connectivity index (χ1n) is 22.3. The van der Waals surface area contributed by atoms with Crippen LogP contribution in [0.15, 0.2) is 78.9 Å². The van der Waals surface area contributed by atoms with Crippen LogP contribution in [0, 0.1) is 0 Å². The Morgan fingerprint density at radius 2 is 1.19 bits per heavy atom. The number of ether oxygens (including phenoxy) is 7. The summed E-state index contributed by atoms with van der Waals surface area (Å²) in [5.41, 5.74) is 2.92. The number of hydrogen-bond donors (Lipinski definition) is 0. The van der Waals surface area contributed by atoms with Gasteiger partial charge in [0.25, 0.3) is 0 Å². The molecule has 0 aliphatic heterocycles. The number of hydrogen-bond acceptors (Lipinski definition) is 11. The fraction of sp³-hybridized carbons (Fsp3) is 0.490. The molecule has 3 aromatic carbocycles. The number of benzene rings is 3. The van der Waals surface area contributed by atoms with Crippen LogP contribution in [0.25, 0.3) is 6.08 Å². The molecular weight excluding hydrogens is 789 g/mol. The average Bonchev–Trinajstić information content (AvgIpc) is 3.28. The lowest BCUT2D eigenvalue weighted by Gasteiger charge is -2.13. The van der Waals surface area contributed by atoms with Crippen molar-refractivity contribution in [1.82, 2.24) is 0 Å². The van der Waals surface area contributed by atoms with Crippen molar-refractivity contribution in [2.45, 2.75) is 123 Å². The third-order valence-electron chi connectivity index (χ3n) is 10.1. The number of unbranched alkanes of at least 4 members (excludes halogenated alkanes) is 13. The number of carbonyl (C=O) groups excluding carboxylic acids is 4. The lowest BCUT2D eigenvalue weighted by molar-refractivity contribution is -0.139. The Hall–Kier alpha value is -5.58. The molecule has 0 radical (unpaired) electrons. The van der Waals surface area contributed by atoms with Gasteiger partial charge >= 0.3 is 23.9 Å². The first-order chi connectivity index (χ1) is 30.1. The normalized spacial score (nSPS) is 10.9. The van der Waals surface area contributed by atoms with Crippen LogP contribution in [0.5, 0.6) is 23.0 Å². The summed E-state index contributed by atoms with van der Waals surface area (Å²) in [5, 5.41) is 0. The van der Waals surface area contributed by atoms with E-state index >= 15 is 0 Å². The lowest BCUT2D eigenvalue weighted by Crippen LogP contribution is -2.14. The van der Waals surface area contributed by atoms with E-state index in [1.54, 1.807) is 56.5 Å². The fourth-order valence-electron chi connectivity index (χ4n) is 6.43. The first kappa shape index (κ1) is 50.8. The van der Waals surface area contributed by atoms with Crippen molar-refractivity contribution in [2.75, 3.05) is 40.6 Å². The molecule has 11 heteroatoms. The van der Waals surface area contributed by atoms with Gasteiger partial charge in [0.2, 0.25) is 0 Å². The van der Waals surface area contributed by atoms with Crippen molar-refractivity contribution < 1.29 is 52.3 Å². The summed E-state index contributed by atoms with van der Waals surface area (Å²) in [6.45, 7) is 9.07. The van der Waals surface area contributed by atoms with Crippen molar-refractivity contribution in [1.29, 1.82) is 0 Å². The monoisotopic (exact) mass is 856 g/mol. The Morgan fingerprint density at radius 1 is 0.597 bits per heavy atom. The number of aryl methyl sites for hydroxylation is 1. The third kappa shape index (κ3) is 20.3. The maximum Gasteiger partial charge on any atom is 0.343 e. The second-order valence-corrected chi connectivity index (χ2v) is 15.3. The van der Waals surface area contributed by atoms with Gasteiger partial charge < -0.3 is 33.2 Å². The van der Waals surface area contributed by atoms with E-state index in [0.29, 0.717) is 48.2 Å². The summed E-state index contributed by atoms with van der Waals surface area (Å²) in [5.74, 6) is -0.0640. The molecule has 3 aromatic rings. The molecule has 0 fully saturated rings. The summed E-state index contributed by atoms with van der Waals surface area (Å²) in [4.78, 5) is 49.5. The predicted molar refractivity (Wildman–Crippen MR) is 242 cm³/mol.